The van der Waals surface area contributed by atoms with E-state index in [9.17, 15) is 0 Å². The van der Waals surface area contributed by atoms with Crippen molar-refractivity contribution >= 4 is 5.95 Å². The van der Waals surface area contributed by atoms with Crippen LogP contribution >= 0.6 is 0 Å². The molecular formula is C11H13N5. The molecule has 82 valence electrons. The quantitative estimate of drug-likeness (QED) is 0.835. The highest BCUT2D eigenvalue weighted by Crippen LogP contribution is 2.42. The van der Waals surface area contributed by atoms with Crippen LogP contribution in [0.25, 0.3) is 0 Å². The van der Waals surface area contributed by atoms with Gasteiger partial charge in [-0.3, -0.25) is 0 Å². The maximum atomic E-state index is 3.91. The van der Waals surface area contributed by atoms with Crippen molar-refractivity contribution in [2.75, 3.05) is 5.32 Å². The first kappa shape index (κ1) is 9.33. The molecule has 1 aromatic heterocycles. The summed E-state index contributed by atoms with van der Waals surface area (Å²) in [5, 5.41) is 14.6. The van der Waals surface area contributed by atoms with Gasteiger partial charge in [0.1, 0.15) is 0 Å². The molecule has 5 nitrogen and oxygen atoms in total. The lowest BCUT2D eigenvalue weighted by atomic mass is 10.1. The first-order valence-electron chi connectivity index (χ1n) is 5.38. The first-order chi connectivity index (χ1) is 7.84. The SMILES string of the molecule is Cn1nnnc1N[C@@H]1C[C@H]1c1ccccc1. The summed E-state index contributed by atoms with van der Waals surface area (Å²) in [6.07, 6.45) is 1.15. The molecule has 2 atom stereocenters. The van der Waals surface area contributed by atoms with Gasteiger partial charge in [-0.2, -0.15) is 0 Å². The second-order valence-corrected chi connectivity index (χ2v) is 4.13. The number of aryl methyl sites for hydroxylation is 1. The zero-order chi connectivity index (χ0) is 11.0. The minimum absolute atomic E-state index is 0.465. The van der Waals surface area contributed by atoms with E-state index in [2.05, 4.69) is 45.1 Å². The molecular weight excluding hydrogens is 202 g/mol. The summed E-state index contributed by atoms with van der Waals surface area (Å²) >= 11 is 0. The molecule has 1 aliphatic rings. The second kappa shape index (κ2) is 3.59. The number of tetrazole rings is 1. The minimum atomic E-state index is 0.465. The van der Waals surface area contributed by atoms with Crippen LogP contribution in [-0.2, 0) is 7.05 Å². The number of hydrogen-bond acceptors (Lipinski definition) is 4. The van der Waals surface area contributed by atoms with Gasteiger partial charge >= 0.3 is 0 Å². The van der Waals surface area contributed by atoms with Gasteiger partial charge in [-0.05, 0) is 22.4 Å². The van der Waals surface area contributed by atoms with Gasteiger partial charge in [0, 0.05) is 19.0 Å². The lowest BCUT2D eigenvalue weighted by Gasteiger charge is -2.03. The van der Waals surface area contributed by atoms with E-state index in [-0.39, 0.29) is 0 Å². The predicted octanol–water partition coefficient (Wildman–Crippen LogP) is 1.18. The molecule has 1 aromatic carbocycles. The van der Waals surface area contributed by atoms with Gasteiger partial charge in [-0.15, -0.1) is 0 Å². The molecule has 0 amide bonds. The molecule has 1 saturated carbocycles. The smallest absolute Gasteiger partial charge is 0.242 e. The van der Waals surface area contributed by atoms with Gasteiger partial charge in [0.2, 0.25) is 5.95 Å². The van der Waals surface area contributed by atoms with Crippen LogP contribution in [0.15, 0.2) is 30.3 Å². The molecule has 0 aliphatic heterocycles. The number of rotatable bonds is 3. The lowest BCUT2D eigenvalue weighted by molar-refractivity contribution is 0.711. The van der Waals surface area contributed by atoms with Crippen molar-refractivity contribution in [3.8, 4) is 0 Å². The Hall–Kier alpha value is -1.91. The van der Waals surface area contributed by atoms with Crippen LogP contribution in [0.1, 0.15) is 17.9 Å². The number of aromatic nitrogens is 4. The topological polar surface area (TPSA) is 55.6 Å². The predicted molar refractivity (Wildman–Crippen MR) is 60.0 cm³/mol. The van der Waals surface area contributed by atoms with E-state index in [0.29, 0.717) is 12.0 Å². The molecule has 1 heterocycles. The van der Waals surface area contributed by atoms with Crippen LogP contribution in [0.3, 0.4) is 0 Å². The zero-order valence-corrected chi connectivity index (χ0v) is 9.04. The first-order valence-corrected chi connectivity index (χ1v) is 5.38. The minimum Gasteiger partial charge on any atom is -0.350 e. The summed E-state index contributed by atoms with van der Waals surface area (Å²) in [6.45, 7) is 0. The van der Waals surface area contributed by atoms with Crippen molar-refractivity contribution < 1.29 is 0 Å². The summed E-state index contributed by atoms with van der Waals surface area (Å²) in [7, 11) is 1.84. The van der Waals surface area contributed by atoms with Gasteiger partial charge in [0.05, 0.1) is 0 Å². The highest BCUT2D eigenvalue weighted by molar-refractivity contribution is 5.36. The molecule has 0 unspecified atom stereocenters. The van der Waals surface area contributed by atoms with E-state index in [0.717, 1.165) is 12.4 Å². The maximum Gasteiger partial charge on any atom is 0.242 e. The average Bonchev–Trinajstić information content (AvgIpc) is 2.97. The van der Waals surface area contributed by atoms with E-state index in [1.54, 1.807) is 4.68 Å². The van der Waals surface area contributed by atoms with Crippen molar-refractivity contribution in [1.29, 1.82) is 0 Å². The Bertz CT molecular complexity index is 478. The van der Waals surface area contributed by atoms with Crippen LogP contribution in [0.2, 0.25) is 0 Å². The molecule has 0 saturated heterocycles. The Morgan fingerprint density at radius 2 is 2.12 bits per heavy atom. The Balaban J connectivity index is 1.67. The average molecular weight is 215 g/mol. The molecule has 3 rings (SSSR count). The number of benzene rings is 1. The van der Waals surface area contributed by atoms with Crippen molar-refractivity contribution in [1.82, 2.24) is 20.2 Å². The normalized spacial score (nSPS) is 23.1. The van der Waals surface area contributed by atoms with Gasteiger partial charge in [-0.1, -0.05) is 35.4 Å². The van der Waals surface area contributed by atoms with Crippen LogP contribution in [0, 0.1) is 0 Å². The van der Waals surface area contributed by atoms with Crippen molar-refractivity contribution in [2.45, 2.75) is 18.4 Å². The third-order valence-corrected chi connectivity index (χ3v) is 2.95. The molecule has 5 heteroatoms. The Kier molecular flexibility index (Phi) is 2.09. The highest BCUT2D eigenvalue weighted by Gasteiger charge is 2.39. The van der Waals surface area contributed by atoms with Crippen LogP contribution < -0.4 is 5.32 Å². The molecule has 1 aliphatic carbocycles. The lowest BCUT2D eigenvalue weighted by Crippen LogP contribution is -2.09. The van der Waals surface area contributed by atoms with Crippen LogP contribution in [-0.4, -0.2) is 26.2 Å². The number of nitrogens with zero attached hydrogens (tertiary/aromatic N) is 4. The van der Waals surface area contributed by atoms with Gasteiger partial charge < -0.3 is 5.32 Å². The van der Waals surface area contributed by atoms with E-state index in [1.807, 2.05) is 13.1 Å². The van der Waals surface area contributed by atoms with E-state index < -0.39 is 0 Å². The summed E-state index contributed by atoms with van der Waals surface area (Å²) in [5.74, 6) is 1.33. The maximum absolute atomic E-state index is 3.91. The monoisotopic (exact) mass is 215 g/mol. The van der Waals surface area contributed by atoms with Crippen molar-refractivity contribution in [3.05, 3.63) is 35.9 Å². The largest absolute Gasteiger partial charge is 0.350 e. The number of hydrogen-bond donors (Lipinski definition) is 1. The molecule has 1 fully saturated rings. The van der Waals surface area contributed by atoms with Gasteiger partial charge in [0.25, 0.3) is 0 Å². The third-order valence-electron chi connectivity index (χ3n) is 2.95. The Labute approximate surface area is 93.5 Å². The van der Waals surface area contributed by atoms with E-state index >= 15 is 0 Å². The Morgan fingerprint density at radius 3 is 2.81 bits per heavy atom. The fraction of sp³-hybridized carbons (Fsp3) is 0.364. The zero-order valence-electron chi connectivity index (χ0n) is 9.04. The molecule has 0 radical (unpaired) electrons. The molecule has 0 spiro atoms. The van der Waals surface area contributed by atoms with Gasteiger partial charge in [0.15, 0.2) is 0 Å². The third kappa shape index (κ3) is 1.64. The van der Waals surface area contributed by atoms with E-state index in [1.165, 1.54) is 5.56 Å². The molecule has 0 bridgehead atoms. The number of anilines is 1. The summed E-state index contributed by atoms with van der Waals surface area (Å²) < 4.78 is 1.65. The molecule has 2 aromatic rings. The summed E-state index contributed by atoms with van der Waals surface area (Å²) in [4.78, 5) is 0. The standard InChI is InChI=1S/C11H13N5/c1-16-11(13-14-15-16)12-10-7-9(10)8-5-3-2-4-6-8/h2-6,9-10H,7H2,1H3,(H,12,13,15)/t9-,10+/m0/s1. The van der Waals surface area contributed by atoms with Gasteiger partial charge in [-0.25, -0.2) is 4.68 Å². The summed E-state index contributed by atoms with van der Waals surface area (Å²) in [6, 6.07) is 11.0. The fourth-order valence-electron chi connectivity index (χ4n) is 1.94. The second-order valence-electron chi connectivity index (χ2n) is 4.13. The molecule has 16 heavy (non-hydrogen) atoms. The van der Waals surface area contributed by atoms with Crippen molar-refractivity contribution in [2.24, 2.45) is 7.05 Å². The highest BCUT2D eigenvalue weighted by atomic mass is 15.6. The van der Waals surface area contributed by atoms with Crippen LogP contribution in [0.4, 0.5) is 5.95 Å². The Morgan fingerprint density at radius 1 is 1.31 bits per heavy atom. The van der Waals surface area contributed by atoms with E-state index in [4.69, 9.17) is 0 Å². The summed E-state index contributed by atoms with van der Waals surface area (Å²) in [5.41, 5.74) is 1.38. The van der Waals surface area contributed by atoms with Crippen molar-refractivity contribution in [3.63, 3.8) is 0 Å². The fourth-order valence-corrected chi connectivity index (χ4v) is 1.94. The van der Waals surface area contributed by atoms with Crippen LogP contribution in [0.5, 0.6) is 0 Å². The number of nitrogens with one attached hydrogen (secondary N) is 1. The molecule has 1 N–H and O–H groups in total.